The number of hydrogen-bond acceptors (Lipinski definition) is 4. The Morgan fingerprint density at radius 1 is 1.26 bits per heavy atom. The minimum Gasteiger partial charge on any atom is -0.352 e. The molecule has 1 N–H and O–H groups in total. The number of nitrogens with one attached hydrogen (secondary N) is 1. The average Bonchev–Trinajstić information content (AvgIpc) is 2.60. The predicted octanol–water partition coefficient (Wildman–Crippen LogP) is 2.34. The Labute approximate surface area is 164 Å². The molecule has 1 saturated heterocycles. The number of likely N-dealkylation sites (tertiary alicyclic amines) is 1. The van der Waals surface area contributed by atoms with E-state index in [1.54, 1.807) is 19.1 Å². The zero-order valence-corrected chi connectivity index (χ0v) is 18.0. The number of carbonyl (C=O) groups is 1. The molecular weight excluding hydrogens is 362 g/mol. The van der Waals surface area contributed by atoms with Crippen molar-refractivity contribution in [2.24, 2.45) is 11.8 Å². The molecular formula is C20H33N3O3S. The molecule has 1 aromatic rings. The maximum atomic E-state index is 12.5. The first-order valence-corrected chi connectivity index (χ1v) is 11.1. The summed E-state index contributed by atoms with van der Waals surface area (Å²) in [5.41, 5.74) is 1.02. The second-order valence-corrected chi connectivity index (χ2v) is 10.2. The number of aryl methyl sites for hydroxylation is 1. The van der Waals surface area contributed by atoms with Gasteiger partial charge in [-0.2, -0.15) is 0 Å². The molecule has 7 heteroatoms. The van der Waals surface area contributed by atoms with Gasteiger partial charge in [-0.1, -0.05) is 19.9 Å². The molecule has 1 aliphatic rings. The Morgan fingerprint density at radius 2 is 1.89 bits per heavy atom. The zero-order chi connectivity index (χ0) is 20.2. The highest BCUT2D eigenvalue weighted by Gasteiger charge is 2.23. The molecule has 152 valence electrons. The lowest BCUT2D eigenvalue weighted by Crippen LogP contribution is -2.40. The monoisotopic (exact) mass is 395 g/mol. The van der Waals surface area contributed by atoms with E-state index in [0.717, 1.165) is 32.5 Å². The molecule has 0 radical (unpaired) electrons. The van der Waals surface area contributed by atoms with Crippen LogP contribution in [0.5, 0.6) is 0 Å². The number of rotatable bonds is 7. The largest absolute Gasteiger partial charge is 0.352 e. The fraction of sp³-hybridized carbons (Fsp3) is 0.650. The van der Waals surface area contributed by atoms with Crippen molar-refractivity contribution in [3.63, 3.8) is 0 Å². The number of carbonyl (C=O) groups excluding carboxylic acids is 1. The van der Waals surface area contributed by atoms with Gasteiger partial charge in [0.25, 0.3) is 5.91 Å². The van der Waals surface area contributed by atoms with Crippen LogP contribution in [0, 0.1) is 18.8 Å². The number of benzene rings is 1. The van der Waals surface area contributed by atoms with E-state index in [0.29, 0.717) is 29.5 Å². The SMILES string of the molecule is Cc1ccc(C(=O)NCC2CCN(CC(C)C)CC2)cc1S(=O)(=O)N(C)C. The van der Waals surface area contributed by atoms with Gasteiger partial charge in [0.15, 0.2) is 0 Å². The predicted molar refractivity (Wildman–Crippen MR) is 108 cm³/mol. The quantitative estimate of drug-likeness (QED) is 0.769. The van der Waals surface area contributed by atoms with Gasteiger partial charge in [0.2, 0.25) is 10.0 Å². The van der Waals surface area contributed by atoms with Crippen molar-refractivity contribution in [2.45, 2.75) is 38.5 Å². The highest BCUT2D eigenvalue weighted by atomic mass is 32.2. The molecule has 0 saturated carbocycles. The van der Waals surface area contributed by atoms with Crippen molar-refractivity contribution in [3.8, 4) is 0 Å². The van der Waals surface area contributed by atoms with E-state index >= 15 is 0 Å². The normalized spacial score (nSPS) is 16.9. The topological polar surface area (TPSA) is 69.7 Å². The number of piperidine rings is 1. The van der Waals surface area contributed by atoms with Gasteiger partial charge < -0.3 is 10.2 Å². The second kappa shape index (κ2) is 9.17. The Bertz CT molecular complexity index is 752. The van der Waals surface area contributed by atoms with Gasteiger partial charge in [-0.25, -0.2) is 12.7 Å². The maximum Gasteiger partial charge on any atom is 0.251 e. The average molecular weight is 396 g/mol. The molecule has 27 heavy (non-hydrogen) atoms. The van der Waals surface area contributed by atoms with Crippen LogP contribution in [0.25, 0.3) is 0 Å². The summed E-state index contributed by atoms with van der Waals surface area (Å²) in [6.45, 7) is 10.1. The molecule has 1 amide bonds. The molecule has 6 nitrogen and oxygen atoms in total. The molecule has 0 spiro atoms. The summed E-state index contributed by atoms with van der Waals surface area (Å²) in [6, 6.07) is 4.85. The fourth-order valence-corrected chi connectivity index (χ4v) is 4.59. The minimum absolute atomic E-state index is 0.183. The van der Waals surface area contributed by atoms with Crippen molar-refractivity contribution < 1.29 is 13.2 Å². The van der Waals surface area contributed by atoms with Crippen LogP contribution in [-0.4, -0.2) is 63.8 Å². The summed E-state index contributed by atoms with van der Waals surface area (Å²) in [5.74, 6) is 0.943. The lowest BCUT2D eigenvalue weighted by molar-refractivity contribution is 0.0934. The fourth-order valence-electron chi connectivity index (χ4n) is 3.44. The van der Waals surface area contributed by atoms with E-state index in [9.17, 15) is 13.2 Å². The van der Waals surface area contributed by atoms with E-state index in [-0.39, 0.29) is 10.8 Å². The maximum absolute atomic E-state index is 12.5. The first-order chi connectivity index (χ1) is 12.6. The van der Waals surface area contributed by atoms with Crippen molar-refractivity contribution >= 4 is 15.9 Å². The summed E-state index contributed by atoms with van der Waals surface area (Å²) < 4.78 is 26.0. The zero-order valence-electron chi connectivity index (χ0n) is 17.2. The highest BCUT2D eigenvalue weighted by molar-refractivity contribution is 7.89. The van der Waals surface area contributed by atoms with E-state index in [1.165, 1.54) is 24.5 Å². The van der Waals surface area contributed by atoms with Gasteiger partial charge in [-0.05, 0) is 62.4 Å². The van der Waals surface area contributed by atoms with Crippen LogP contribution in [0.2, 0.25) is 0 Å². The van der Waals surface area contributed by atoms with Gasteiger partial charge in [0.1, 0.15) is 0 Å². The number of sulfonamides is 1. The number of amides is 1. The first-order valence-electron chi connectivity index (χ1n) is 9.65. The molecule has 1 aliphatic heterocycles. The molecule has 1 aromatic carbocycles. The van der Waals surface area contributed by atoms with E-state index < -0.39 is 10.0 Å². The Kier molecular flexibility index (Phi) is 7.42. The third kappa shape index (κ3) is 5.77. The molecule has 1 heterocycles. The lowest BCUT2D eigenvalue weighted by atomic mass is 9.96. The minimum atomic E-state index is -3.57. The van der Waals surface area contributed by atoms with Crippen LogP contribution in [0.1, 0.15) is 42.6 Å². The third-order valence-corrected chi connectivity index (χ3v) is 7.05. The molecule has 0 bridgehead atoms. The van der Waals surface area contributed by atoms with Crippen molar-refractivity contribution in [1.82, 2.24) is 14.5 Å². The Morgan fingerprint density at radius 3 is 2.44 bits per heavy atom. The van der Waals surface area contributed by atoms with Gasteiger partial charge in [0.05, 0.1) is 4.90 Å². The summed E-state index contributed by atoms with van der Waals surface area (Å²) in [6.07, 6.45) is 2.17. The summed E-state index contributed by atoms with van der Waals surface area (Å²) in [4.78, 5) is 15.2. The summed E-state index contributed by atoms with van der Waals surface area (Å²) >= 11 is 0. The third-order valence-electron chi connectivity index (χ3n) is 5.09. The summed E-state index contributed by atoms with van der Waals surface area (Å²) in [5, 5.41) is 2.99. The highest BCUT2D eigenvalue weighted by Crippen LogP contribution is 2.21. The Balaban J connectivity index is 1.96. The first kappa shape index (κ1) is 21.9. The molecule has 0 aliphatic carbocycles. The molecule has 2 rings (SSSR count). The van der Waals surface area contributed by atoms with Crippen LogP contribution >= 0.6 is 0 Å². The van der Waals surface area contributed by atoms with Crippen molar-refractivity contribution in [2.75, 3.05) is 40.3 Å². The van der Waals surface area contributed by atoms with Gasteiger partial charge >= 0.3 is 0 Å². The molecule has 1 fully saturated rings. The standard InChI is InChI=1S/C20H33N3O3S/c1-15(2)14-23-10-8-17(9-11-23)13-21-20(24)18-7-6-16(3)19(12-18)27(25,26)22(4)5/h6-7,12,15,17H,8-11,13-14H2,1-5H3,(H,21,24). The van der Waals surface area contributed by atoms with E-state index in [1.807, 2.05) is 0 Å². The molecule has 0 aromatic heterocycles. The number of hydrogen-bond donors (Lipinski definition) is 1. The van der Waals surface area contributed by atoms with Crippen LogP contribution < -0.4 is 5.32 Å². The smallest absolute Gasteiger partial charge is 0.251 e. The van der Waals surface area contributed by atoms with Crippen LogP contribution in [0.3, 0.4) is 0 Å². The van der Waals surface area contributed by atoms with E-state index in [4.69, 9.17) is 0 Å². The van der Waals surface area contributed by atoms with Gasteiger partial charge in [-0.15, -0.1) is 0 Å². The van der Waals surface area contributed by atoms with Gasteiger partial charge in [-0.3, -0.25) is 4.79 Å². The van der Waals surface area contributed by atoms with Crippen LogP contribution in [0.4, 0.5) is 0 Å². The van der Waals surface area contributed by atoms with E-state index in [2.05, 4.69) is 24.1 Å². The second-order valence-electron chi connectivity index (χ2n) is 8.12. The van der Waals surface area contributed by atoms with Crippen molar-refractivity contribution in [3.05, 3.63) is 29.3 Å². The number of nitrogens with zero attached hydrogens (tertiary/aromatic N) is 2. The molecule has 0 atom stereocenters. The molecule has 0 unspecified atom stereocenters. The Hall–Kier alpha value is -1.44. The van der Waals surface area contributed by atoms with Crippen molar-refractivity contribution in [1.29, 1.82) is 0 Å². The van der Waals surface area contributed by atoms with Crippen LogP contribution in [-0.2, 0) is 10.0 Å². The lowest BCUT2D eigenvalue weighted by Gasteiger charge is -2.33. The summed E-state index contributed by atoms with van der Waals surface area (Å²) in [7, 11) is -0.581. The van der Waals surface area contributed by atoms with Crippen LogP contribution in [0.15, 0.2) is 23.1 Å². The van der Waals surface area contributed by atoms with Gasteiger partial charge in [0, 0.05) is 32.7 Å².